The van der Waals surface area contributed by atoms with E-state index in [-0.39, 0.29) is 12.1 Å². The summed E-state index contributed by atoms with van der Waals surface area (Å²) in [6, 6.07) is 0.0259. The summed E-state index contributed by atoms with van der Waals surface area (Å²) in [4.78, 5) is 13.5. The number of rotatable bonds is 4. The summed E-state index contributed by atoms with van der Waals surface area (Å²) in [5.74, 6) is 0. The third-order valence-corrected chi connectivity index (χ3v) is 2.87. The molecule has 88 valence electrons. The van der Waals surface area contributed by atoms with Crippen LogP contribution in [0.5, 0.6) is 0 Å². The summed E-state index contributed by atoms with van der Waals surface area (Å²) in [6.07, 6.45) is 4.58. The fourth-order valence-electron chi connectivity index (χ4n) is 1.76. The highest BCUT2D eigenvalue weighted by Gasteiger charge is 2.15. The Kier molecular flexibility index (Phi) is 5.47. The number of hydrogen-bond acceptors (Lipinski definition) is 2. The maximum absolute atomic E-state index is 11.6. The molecule has 1 aliphatic heterocycles. The molecule has 0 aliphatic carbocycles. The summed E-state index contributed by atoms with van der Waals surface area (Å²) in [5.41, 5.74) is 0. The minimum Gasteiger partial charge on any atom is -0.393 e. The number of nitrogens with one attached hydrogen (secondary N) is 1. The minimum atomic E-state index is -0.286. The molecule has 0 bridgehead atoms. The van der Waals surface area contributed by atoms with Gasteiger partial charge in [-0.05, 0) is 32.1 Å². The Morgan fingerprint density at radius 3 is 2.67 bits per heavy atom. The van der Waals surface area contributed by atoms with Gasteiger partial charge in [0.2, 0.25) is 0 Å². The Labute approximate surface area is 91.6 Å². The van der Waals surface area contributed by atoms with Gasteiger partial charge in [0, 0.05) is 19.6 Å². The second kappa shape index (κ2) is 6.67. The van der Waals surface area contributed by atoms with Crippen LogP contribution in [0.25, 0.3) is 0 Å². The van der Waals surface area contributed by atoms with Crippen LogP contribution in [0.15, 0.2) is 0 Å². The number of nitrogens with zero attached hydrogens (tertiary/aromatic N) is 1. The number of hydrogen-bond donors (Lipinski definition) is 2. The monoisotopic (exact) mass is 214 g/mol. The molecule has 0 saturated carbocycles. The lowest BCUT2D eigenvalue weighted by Crippen LogP contribution is -2.43. The van der Waals surface area contributed by atoms with E-state index >= 15 is 0 Å². The third kappa shape index (κ3) is 4.51. The molecule has 0 radical (unpaired) electrons. The normalized spacial score (nSPS) is 18.7. The molecule has 2 N–H and O–H groups in total. The average Bonchev–Trinajstić information content (AvgIpc) is 2.29. The molecule has 1 rings (SSSR count). The molecular formula is C11H22N2O2. The van der Waals surface area contributed by atoms with Crippen molar-refractivity contribution in [3.8, 4) is 0 Å². The van der Waals surface area contributed by atoms with Gasteiger partial charge in [-0.3, -0.25) is 0 Å². The first kappa shape index (κ1) is 12.3. The van der Waals surface area contributed by atoms with Crippen LogP contribution >= 0.6 is 0 Å². The number of urea groups is 1. The van der Waals surface area contributed by atoms with Gasteiger partial charge in [-0.15, -0.1) is 0 Å². The van der Waals surface area contributed by atoms with Crippen LogP contribution in [0.2, 0.25) is 0 Å². The van der Waals surface area contributed by atoms with Gasteiger partial charge < -0.3 is 15.3 Å². The van der Waals surface area contributed by atoms with Crippen molar-refractivity contribution in [3.05, 3.63) is 0 Å². The zero-order valence-electron chi connectivity index (χ0n) is 9.54. The fraction of sp³-hybridized carbons (Fsp3) is 0.909. The number of piperidine rings is 1. The fourth-order valence-corrected chi connectivity index (χ4v) is 1.76. The molecule has 4 nitrogen and oxygen atoms in total. The first-order valence-corrected chi connectivity index (χ1v) is 5.95. The van der Waals surface area contributed by atoms with Gasteiger partial charge >= 0.3 is 6.03 Å². The van der Waals surface area contributed by atoms with Crippen LogP contribution < -0.4 is 5.32 Å². The van der Waals surface area contributed by atoms with E-state index in [2.05, 4.69) is 5.32 Å². The molecule has 2 amide bonds. The number of aliphatic hydroxyl groups is 1. The minimum absolute atomic E-state index is 0.0259. The second-order valence-electron chi connectivity index (χ2n) is 4.13. The quantitative estimate of drug-likeness (QED) is 0.742. The Hall–Kier alpha value is -0.770. The predicted molar refractivity (Wildman–Crippen MR) is 59.7 cm³/mol. The van der Waals surface area contributed by atoms with E-state index in [0.29, 0.717) is 13.0 Å². The topological polar surface area (TPSA) is 52.6 Å². The number of amides is 2. The van der Waals surface area contributed by atoms with E-state index in [4.69, 9.17) is 0 Å². The van der Waals surface area contributed by atoms with Crippen LogP contribution in [0.1, 0.15) is 39.0 Å². The SMILES string of the molecule is CCC(O)CCNC(=O)N1CCCCC1. The van der Waals surface area contributed by atoms with E-state index in [1.807, 2.05) is 11.8 Å². The first-order chi connectivity index (χ1) is 7.24. The van der Waals surface area contributed by atoms with E-state index in [1.54, 1.807) is 0 Å². The number of likely N-dealkylation sites (tertiary alicyclic amines) is 1. The number of carbonyl (C=O) groups excluding carboxylic acids is 1. The van der Waals surface area contributed by atoms with Gasteiger partial charge in [-0.2, -0.15) is 0 Å². The zero-order valence-corrected chi connectivity index (χ0v) is 9.54. The summed E-state index contributed by atoms with van der Waals surface area (Å²) in [7, 11) is 0. The lowest BCUT2D eigenvalue weighted by atomic mass is 10.1. The number of carbonyl (C=O) groups is 1. The highest BCUT2D eigenvalue weighted by molar-refractivity contribution is 5.74. The van der Waals surface area contributed by atoms with Crippen LogP contribution in [0, 0.1) is 0 Å². The molecule has 0 aromatic heterocycles. The summed E-state index contributed by atoms with van der Waals surface area (Å²) in [5, 5.41) is 12.2. The van der Waals surface area contributed by atoms with Crippen molar-refractivity contribution in [1.29, 1.82) is 0 Å². The van der Waals surface area contributed by atoms with Gasteiger partial charge in [0.05, 0.1) is 6.10 Å². The molecular weight excluding hydrogens is 192 g/mol. The number of aliphatic hydroxyl groups excluding tert-OH is 1. The average molecular weight is 214 g/mol. The van der Waals surface area contributed by atoms with Crippen LogP contribution in [-0.2, 0) is 0 Å². The lowest BCUT2D eigenvalue weighted by molar-refractivity contribution is 0.155. The summed E-state index contributed by atoms with van der Waals surface area (Å²) >= 11 is 0. The third-order valence-electron chi connectivity index (χ3n) is 2.87. The second-order valence-corrected chi connectivity index (χ2v) is 4.13. The lowest BCUT2D eigenvalue weighted by Gasteiger charge is -2.26. The Balaban J connectivity index is 2.12. The van der Waals surface area contributed by atoms with E-state index in [1.165, 1.54) is 6.42 Å². The highest BCUT2D eigenvalue weighted by atomic mass is 16.3. The molecule has 0 spiro atoms. The Bertz CT molecular complexity index is 191. The van der Waals surface area contributed by atoms with Crippen molar-refractivity contribution in [2.75, 3.05) is 19.6 Å². The van der Waals surface area contributed by atoms with Crippen LogP contribution in [0.3, 0.4) is 0 Å². The summed E-state index contributed by atoms with van der Waals surface area (Å²) in [6.45, 7) is 4.27. The van der Waals surface area contributed by atoms with Gasteiger partial charge in [-0.25, -0.2) is 4.79 Å². The van der Waals surface area contributed by atoms with Crippen molar-refractivity contribution in [2.45, 2.75) is 45.1 Å². The molecule has 1 aliphatic rings. The van der Waals surface area contributed by atoms with Crippen molar-refractivity contribution in [2.24, 2.45) is 0 Å². The van der Waals surface area contributed by atoms with Crippen molar-refractivity contribution in [3.63, 3.8) is 0 Å². The van der Waals surface area contributed by atoms with Gasteiger partial charge in [-0.1, -0.05) is 6.92 Å². The predicted octanol–water partition coefficient (Wildman–Crippen LogP) is 1.34. The Morgan fingerprint density at radius 1 is 1.40 bits per heavy atom. The van der Waals surface area contributed by atoms with Gasteiger partial charge in [0.25, 0.3) is 0 Å². The Morgan fingerprint density at radius 2 is 2.07 bits per heavy atom. The molecule has 15 heavy (non-hydrogen) atoms. The summed E-state index contributed by atoms with van der Waals surface area (Å²) < 4.78 is 0. The van der Waals surface area contributed by atoms with E-state index < -0.39 is 0 Å². The molecule has 1 fully saturated rings. The largest absolute Gasteiger partial charge is 0.393 e. The van der Waals surface area contributed by atoms with E-state index in [0.717, 1.165) is 32.4 Å². The van der Waals surface area contributed by atoms with E-state index in [9.17, 15) is 9.90 Å². The van der Waals surface area contributed by atoms with Crippen molar-refractivity contribution >= 4 is 6.03 Å². The highest BCUT2D eigenvalue weighted by Crippen LogP contribution is 2.08. The molecule has 1 saturated heterocycles. The van der Waals surface area contributed by atoms with Gasteiger partial charge in [0.1, 0.15) is 0 Å². The molecule has 1 unspecified atom stereocenters. The zero-order chi connectivity index (χ0) is 11.1. The first-order valence-electron chi connectivity index (χ1n) is 5.95. The van der Waals surface area contributed by atoms with Gasteiger partial charge in [0.15, 0.2) is 0 Å². The molecule has 4 heteroatoms. The van der Waals surface area contributed by atoms with Crippen molar-refractivity contribution in [1.82, 2.24) is 10.2 Å². The van der Waals surface area contributed by atoms with Crippen LogP contribution in [-0.4, -0.2) is 41.8 Å². The maximum atomic E-state index is 11.6. The molecule has 1 atom stereocenters. The maximum Gasteiger partial charge on any atom is 0.317 e. The molecule has 1 heterocycles. The standard InChI is InChI=1S/C11H22N2O2/c1-2-10(14)6-7-12-11(15)13-8-4-3-5-9-13/h10,14H,2-9H2,1H3,(H,12,15). The molecule has 0 aromatic carbocycles. The van der Waals surface area contributed by atoms with Crippen LogP contribution in [0.4, 0.5) is 4.79 Å². The smallest absolute Gasteiger partial charge is 0.317 e. The molecule has 0 aromatic rings. The van der Waals surface area contributed by atoms with Crippen molar-refractivity contribution < 1.29 is 9.90 Å².